The Hall–Kier alpha value is -2.04. The minimum atomic E-state index is -1.10. The molecule has 0 radical (unpaired) electrons. The maximum Gasteiger partial charge on any atom is 0.344 e. The zero-order valence-electron chi connectivity index (χ0n) is 9.40. The van der Waals surface area contributed by atoms with Crippen LogP contribution >= 0.6 is 0 Å². The van der Waals surface area contributed by atoms with Gasteiger partial charge in [-0.2, -0.15) is 0 Å². The lowest BCUT2D eigenvalue weighted by atomic mass is 10.1. The van der Waals surface area contributed by atoms with Gasteiger partial charge in [-0.1, -0.05) is 30.3 Å². The fourth-order valence-corrected chi connectivity index (χ4v) is 1.76. The number of carboxylic acid groups (broad SMARTS) is 1. The zero-order valence-corrected chi connectivity index (χ0v) is 9.40. The van der Waals surface area contributed by atoms with Gasteiger partial charge in [0.05, 0.1) is 19.1 Å². The molecule has 0 spiro atoms. The Morgan fingerprint density at radius 1 is 1.47 bits per heavy atom. The Kier molecular flexibility index (Phi) is 3.59. The van der Waals surface area contributed by atoms with Crippen molar-refractivity contribution in [1.82, 2.24) is 10.6 Å². The number of carboxylic acids is 1. The molecule has 0 fully saturated rings. The Labute approximate surface area is 99.6 Å². The van der Waals surface area contributed by atoms with Crippen LogP contribution in [0.2, 0.25) is 0 Å². The Morgan fingerprint density at radius 3 is 2.82 bits per heavy atom. The summed E-state index contributed by atoms with van der Waals surface area (Å²) in [5.74, 6) is -0.438. The summed E-state index contributed by atoms with van der Waals surface area (Å²) in [6.45, 7) is 1.60. The molecule has 1 aliphatic heterocycles. The van der Waals surface area contributed by atoms with Crippen LogP contribution in [0.3, 0.4) is 0 Å². The van der Waals surface area contributed by atoms with E-state index in [4.69, 9.17) is 0 Å². The lowest BCUT2D eigenvalue weighted by Crippen LogP contribution is -2.75. The molecule has 5 heteroatoms. The van der Waals surface area contributed by atoms with Gasteiger partial charge in [-0.15, -0.1) is 0 Å². The standard InChI is InChI=1S/C12H15N3O2/c16-11(17)10(15-12-13-6-7-14-12)8-9-4-2-1-3-5-9/h1-5,10H,6-8H2,(H,16,17)(H2,13,14,15)/t10-/m0/s1. The monoisotopic (exact) mass is 233 g/mol. The summed E-state index contributed by atoms with van der Waals surface area (Å²) in [6.07, 6.45) is 0.399. The molecule has 1 heterocycles. The maximum atomic E-state index is 11.0. The van der Waals surface area contributed by atoms with Crippen molar-refractivity contribution in [3.05, 3.63) is 35.9 Å². The van der Waals surface area contributed by atoms with Crippen LogP contribution in [-0.2, 0) is 11.2 Å². The largest absolute Gasteiger partial charge is 0.546 e. The van der Waals surface area contributed by atoms with E-state index in [2.05, 4.69) is 15.6 Å². The third kappa shape index (κ3) is 3.21. The zero-order chi connectivity index (χ0) is 12.1. The van der Waals surface area contributed by atoms with E-state index in [1.807, 2.05) is 30.3 Å². The first kappa shape index (κ1) is 11.4. The summed E-state index contributed by atoms with van der Waals surface area (Å²) in [7, 11) is 0. The van der Waals surface area contributed by atoms with Gasteiger partial charge >= 0.3 is 5.96 Å². The van der Waals surface area contributed by atoms with Gasteiger partial charge in [0.2, 0.25) is 0 Å². The number of nitrogens with one attached hydrogen (secondary N) is 3. The van der Waals surface area contributed by atoms with Crippen LogP contribution in [0.5, 0.6) is 0 Å². The SMILES string of the molecule is O=C([O-])[C@H](Cc1ccccc1)NC1=[NH+]CCN1. The molecule has 1 aromatic carbocycles. The van der Waals surface area contributed by atoms with E-state index < -0.39 is 12.0 Å². The molecule has 3 N–H and O–H groups in total. The molecule has 0 aliphatic carbocycles. The molecular formula is C12H15N3O2. The van der Waals surface area contributed by atoms with Gasteiger partial charge in [0.1, 0.15) is 6.04 Å². The highest BCUT2D eigenvalue weighted by Crippen LogP contribution is 2.02. The van der Waals surface area contributed by atoms with Gasteiger partial charge in [-0.05, 0) is 5.56 Å². The molecule has 0 saturated carbocycles. The average molecular weight is 233 g/mol. The van der Waals surface area contributed by atoms with Gasteiger partial charge in [-0.3, -0.25) is 15.6 Å². The third-order valence-corrected chi connectivity index (χ3v) is 2.61. The Balaban J connectivity index is 2.00. The first-order valence-electron chi connectivity index (χ1n) is 5.62. The molecule has 1 atom stereocenters. The van der Waals surface area contributed by atoms with E-state index >= 15 is 0 Å². The van der Waals surface area contributed by atoms with E-state index in [0.29, 0.717) is 12.4 Å². The van der Waals surface area contributed by atoms with E-state index in [-0.39, 0.29) is 0 Å². The van der Waals surface area contributed by atoms with Crippen molar-refractivity contribution in [3.63, 3.8) is 0 Å². The van der Waals surface area contributed by atoms with Crippen molar-refractivity contribution in [2.75, 3.05) is 13.1 Å². The first-order valence-corrected chi connectivity index (χ1v) is 5.62. The topological polar surface area (TPSA) is 78.2 Å². The smallest absolute Gasteiger partial charge is 0.344 e. The van der Waals surface area contributed by atoms with Crippen molar-refractivity contribution < 1.29 is 14.9 Å². The average Bonchev–Trinajstić information content (AvgIpc) is 2.82. The van der Waals surface area contributed by atoms with Gasteiger partial charge < -0.3 is 9.90 Å². The molecule has 1 aliphatic rings. The second-order valence-electron chi connectivity index (χ2n) is 3.93. The molecule has 90 valence electrons. The summed E-state index contributed by atoms with van der Waals surface area (Å²) in [5.41, 5.74) is 0.966. The van der Waals surface area contributed by atoms with Crippen LogP contribution < -0.4 is 20.7 Å². The second-order valence-corrected chi connectivity index (χ2v) is 3.93. The van der Waals surface area contributed by atoms with Gasteiger partial charge in [0, 0.05) is 6.42 Å². The number of aliphatic carboxylic acids is 1. The van der Waals surface area contributed by atoms with Crippen LogP contribution in [0.4, 0.5) is 0 Å². The number of rotatable bonds is 4. The summed E-state index contributed by atoms with van der Waals surface area (Å²) >= 11 is 0. The number of hydrogen-bond acceptors (Lipinski definition) is 4. The summed E-state index contributed by atoms with van der Waals surface area (Å²) < 4.78 is 0. The molecule has 0 saturated heterocycles. The van der Waals surface area contributed by atoms with Crippen LogP contribution in [0.15, 0.2) is 30.3 Å². The molecule has 2 rings (SSSR count). The van der Waals surface area contributed by atoms with Gasteiger partial charge in [0.15, 0.2) is 0 Å². The van der Waals surface area contributed by atoms with Crippen molar-refractivity contribution in [3.8, 4) is 0 Å². The van der Waals surface area contributed by atoms with Crippen LogP contribution in [0.1, 0.15) is 5.56 Å². The molecular weight excluding hydrogens is 218 g/mol. The van der Waals surface area contributed by atoms with Crippen LogP contribution in [0, 0.1) is 0 Å². The molecule has 1 aromatic rings. The van der Waals surface area contributed by atoms with E-state index in [1.54, 1.807) is 0 Å². The maximum absolute atomic E-state index is 11.0. The highest BCUT2D eigenvalue weighted by atomic mass is 16.4. The minimum Gasteiger partial charge on any atom is -0.546 e. The predicted octanol–water partition coefficient (Wildman–Crippen LogP) is -3.02. The normalized spacial score (nSPS) is 15.9. The van der Waals surface area contributed by atoms with Crippen LogP contribution in [0.25, 0.3) is 0 Å². The van der Waals surface area contributed by atoms with Crippen molar-refractivity contribution in [2.24, 2.45) is 0 Å². The Morgan fingerprint density at radius 2 is 2.24 bits per heavy atom. The van der Waals surface area contributed by atoms with E-state index in [9.17, 15) is 9.90 Å². The lowest BCUT2D eigenvalue weighted by Gasteiger charge is -2.16. The van der Waals surface area contributed by atoms with Gasteiger partial charge in [-0.25, -0.2) is 0 Å². The second kappa shape index (κ2) is 5.34. The van der Waals surface area contributed by atoms with Crippen molar-refractivity contribution >= 4 is 11.9 Å². The highest BCUT2D eigenvalue weighted by Gasteiger charge is 2.19. The highest BCUT2D eigenvalue weighted by molar-refractivity contribution is 5.82. The molecule has 5 nitrogen and oxygen atoms in total. The van der Waals surface area contributed by atoms with E-state index in [0.717, 1.165) is 18.7 Å². The predicted molar refractivity (Wildman–Crippen MR) is 60.9 cm³/mol. The van der Waals surface area contributed by atoms with Crippen LogP contribution in [-0.4, -0.2) is 31.1 Å². The molecule has 0 unspecified atom stereocenters. The fourth-order valence-electron chi connectivity index (χ4n) is 1.76. The van der Waals surface area contributed by atoms with Crippen molar-refractivity contribution in [2.45, 2.75) is 12.5 Å². The molecule has 0 aromatic heterocycles. The number of benzene rings is 1. The molecule has 17 heavy (non-hydrogen) atoms. The third-order valence-electron chi connectivity index (χ3n) is 2.61. The summed E-state index contributed by atoms with van der Waals surface area (Å²) in [5, 5.41) is 17.0. The van der Waals surface area contributed by atoms with Gasteiger partial charge in [0.25, 0.3) is 0 Å². The number of hydrogen-bond donors (Lipinski definition) is 3. The number of guanidine groups is 1. The Bertz CT molecular complexity index is 417. The van der Waals surface area contributed by atoms with Crippen molar-refractivity contribution in [1.29, 1.82) is 0 Å². The quantitative estimate of drug-likeness (QED) is 0.517. The van der Waals surface area contributed by atoms with E-state index in [1.165, 1.54) is 0 Å². The number of carbonyl (C=O) groups is 1. The minimum absolute atomic E-state index is 0.399. The summed E-state index contributed by atoms with van der Waals surface area (Å²) in [6, 6.07) is 8.75. The lowest BCUT2D eigenvalue weighted by molar-refractivity contribution is -0.447. The fraction of sp³-hybridized carbons (Fsp3) is 0.333. The summed E-state index contributed by atoms with van der Waals surface area (Å²) in [4.78, 5) is 14.1. The number of carbonyl (C=O) groups excluding carboxylic acids is 1. The first-order chi connectivity index (χ1) is 8.25. The molecule has 0 bridgehead atoms. The molecule has 0 amide bonds.